The molecule has 0 heterocycles. The number of hydrogen-bond acceptors (Lipinski definition) is 9. The van der Waals surface area contributed by atoms with E-state index in [4.69, 9.17) is 22.9 Å². The predicted octanol–water partition coefficient (Wildman–Crippen LogP) is -2.26. The minimum atomic E-state index is -1.54. The Hall–Kier alpha value is -4.97. The molecule has 0 radical (unpaired) electrons. The number of carbonyl (C=O) groups excluding carboxylic acids is 7. The largest absolute Gasteiger partial charge is 0.370 e. The number of aliphatic imine (C=N–C) groups is 2. The third-order valence-electron chi connectivity index (χ3n) is 7.52. The van der Waals surface area contributed by atoms with E-state index in [1.165, 1.54) is 27.7 Å². The minimum Gasteiger partial charge on any atom is -0.370 e. The summed E-state index contributed by atoms with van der Waals surface area (Å²) >= 11 is 0. The number of hydrogen-bond donors (Lipinski definition) is 10. The lowest BCUT2D eigenvalue weighted by atomic mass is 9.98. The van der Waals surface area contributed by atoms with Crippen LogP contribution in [0.15, 0.2) is 9.98 Å². The molecule has 0 bridgehead atoms. The molecule has 0 aromatic rings. The summed E-state index contributed by atoms with van der Waals surface area (Å²) in [6.07, 6.45) is 2.28. The molecule has 6 amide bonds. The summed E-state index contributed by atoms with van der Waals surface area (Å²) < 4.78 is 0. The molecule has 0 rings (SSSR count). The highest BCUT2D eigenvalue weighted by Crippen LogP contribution is 2.12. The van der Waals surface area contributed by atoms with E-state index in [0.29, 0.717) is 19.1 Å². The lowest BCUT2D eigenvalue weighted by Crippen LogP contribution is -2.62. The standard InChI is InChI=1S/C33H62N12O7/c1-18(2)15-24(43-27(49)23(41-21(6)47)12-10-14-39-32(36)37)28(50)44-25(16-19(3)4)29(51)45-33(7,8)30(52)40-20(5)26(48)42-22(17-46)11-9-13-38-31(34)35/h17-20,22-25H,9-16H2,1-8H3,(H,40,52)(H,41,47)(H,42,48)(H,43,49)(H,44,50)(H,45,51)(H4,34,35,38)(H4,36,37,39)/t20-,22-,23-,24-,25-/m0/s1. The molecule has 0 unspecified atom stereocenters. The smallest absolute Gasteiger partial charge is 0.245 e. The number of nitrogens with zero attached hydrogens (tertiary/aromatic N) is 2. The number of aldehydes is 1. The van der Waals surface area contributed by atoms with Crippen molar-refractivity contribution in [2.45, 2.75) is 130 Å². The van der Waals surface area contributed by atoms with Crippen molar-refractivity contribution >= 4 is 53.6 Å². The second kappa shape index (κ2) is 23.5. The fourth-order valence-electron chi connectivity index (χ4n) is 4.86. The molecule has 0 aliphatic heterocycles. The van der Waals surface area contributed by atoms with E-state index in [1.54, 1.807) is 0 Å². The zero-order valence-electron chi connectivity index (χ0n) is 31.8. The highest BCUT2D eigenvalue weighted by Gasteiger charge is 2.36. The van der Waals surface area contributed by atoms with Crippen molar-refractivity contribution in [1.29, 1.82) is 0 Å². The van der Waals surface area contributed by atoms with Gasteiger partial charge in [0, 0.05) is 20.0 Å². The van der Waals surface area contributed by atoms with Gasteiger partial charge in [-0.15, -0.1) is 0 Å². The Morgan fingerprint density at radius 3 is 1.54 bits per heavy atom. The third kappa shape index (κ3) is 20.0. The van der Waals surface area contributed by atoms with Gasteiger partial charge in [-0.2, -0.15) is 0 Å². The second-order valence-electron chi connectivity index (χ2n) is 14.1. The van der Waals surface area contributed by atoms with Crippen LogP contribution in [0.4, 0.5) is 0 Å². The van der Waals surface area contributed by atoms with Crippen LogP contribution < -0.4 is 54.8 Å². The molecule has 0 aromatic heterocycles. The van der Waals surface area contributed by atoms with Gasteiger partial charge in [0.15, 0.2) is 11.9 Å². The van der Waals surface area contributed by atoms with Gasteiger partial charge in [-0.25, -0.2) is 0 Å². The van der Waals surface area contributed by atoms with Crippen LogP contribution in [-0.2, 0) is 33.6 Å². The van der Waals surface area contributed by atoms with E-state index >= 15 is 0 Å². The highest BCUT2D eigenvalue weighted by molar-refractivity contribution is 5.97. The quantitative estimate of drug-likeness (QED) is 0.0218. The zero-order chi connectivity index (χ0) is 40.2. The Bertz CT molecular complexity index is 1280. The van der Waals surface area contributed by atoms with Crippen LogP contribution in [-0.4, -0.2) is 102 Å². The van der Waals surface area contributed by atoms with E-state index in [9.17, 15) is 33.6 Å². The maximum atomic E-state index is 13.6. The number of amides is 6. The average Bonchev–Trinajstić information content (AvgIpc) is 3.01. The summed E-state index contributed by atoms with van der Waals surface area (Å²) in [7, 11) is 0. The molecule has 0 saturated carbocycles. The lowest BCUT2D eigenvalue weighted by Gasteiger charge is -2.31. The van der Waals surface area contributed by atoms with E-state index in [2.05, 4.69) is 41.9 Å². The summed E-state index contributed by atoms with van der Waals surface area (Å²) in [5.74, 6) is -3.92. The van der Waals surface area contributed by atoms with E-state index < -0.39 is 71.2 Å². The zero-order valence-corrected chi connectivity index (χ0v) is 31.8. The Labute approximate surface area is 306 Å². The number of carbonyl (C=O) groups is 7. The summed E-state index contributed by atoms with van der Waals surface area (Å²) in [6.45, 7) is 13.5. The fraction of sp³-hybridized carbons (Fsp3) is 0.727. The molecule has 19 heteroatoms. The van der Waals surface area contributed by atoms with E-state index in [1.807, 2.05) is 27.7 Å². The van der Waals surface area contributed by atoms with Crippen LogP contribution in [0.2, 0.25) is 0 Å². The van der Waals surface area contributed by atoms with Crippen molar-refractivity contribution in [1.82, 2.24) is 31.9 Å². The van der Waals surface area contributed by atoms with Crippen LogP contribution in [0.25, 0.3) is 0 Å². The molecule has 0 saturated heterocycles. The topological polar surface area (TPSA) is 320 Å². The van der Waals surface area contributed by atoms with Gasteiger partial charge in [0.1, 0.15) is 36.0 Å². The first-order valence-electron chi connectivity index (χ1n) is 17.5. The molecule has 14 N–H and O–H groups in total. The van der Waals surface area contributed by atoms with Crippen molar-refractivity contribution in [2.75, 3.05) is 13.1 Å². The Balaban J connectivity index is 5.72. The molecule has 0 aromatic carbocycles. The summed E-state index contributed by atoms with van der Waals surface area (Å²) in [5, 5.41) is 15.8. The van der Waals surface area contributed by atoms with Crippen LogP contribution in [0, 0.1) is 11.8 Å². The average molecular weight is 739 g/mol. The van der Waals surface area contributed by atoms with Crippen molar-refractivity contribution in [3.63, 3.8) is 0 Å². The summed E-state index contributed by atoms with van der Waals surface area (Å²) in [4.78, 5) is 97.5. The van der Waals surface area contributed by atoms with Crippen molar-refractivity contribution in [3.05, 3.63) is 0 Å². The summed E-state index contributed by atoms with van der Waals surface area (Å²) in [6, 6.07) is -5.01. The lowest BCUT2D eigenvalue weighted by molar-refractivity contribution is -0.137. The molecule has 0 fully saturated rings. The maximum Gasteiger partial charge on any atom is 0.245 e. The highest BCUT2D eigenvalue weighted by atomic mass is 16.2. The Morgan fingerprint density at radius 2 is 1.10 bits per heavy atom. The summed E-state index contributed by atoms with van der Waals surface area (Å²) in [5.41, 5.74) is 19.8. The monoisotopic (exact) mass is 738 g/mol. The molecular formula is C33H62N12O7. The molecule has 0 aliphatic rings. The Morgan fingerprint density at radius 1 is 0.635 bits per heavy atom. The van der Waals surface area contributed by atoms with Gasteiger partial charge in [0.05, 0.1) is 6.04 Å². The predicted molar refractivity (Wildman–Crippen MR) is 198 cm³/mol. The van der Waals surface area contributed by atoms with Gasteiger partial charge in [-0.1, -0.05) is 27.7 Å². The van der Waals surface area contributed by atoms with E-state index in [0.717, 1.165) is 0 Å². The van der Waals surface area contributed by atoms with Crippen molar-refractivity contribution in [2.24, 2.45) is 44.8 Å². The van der Waals surface area contributed by atoms with E-state index in [-0.39, 0.29) is 62.5 Å². The van der Waals surface area contributed by atoms with Crippen LogP contribution >= 0.6 is 0 Å². The van der Waals surface area contributed by atoms with Gasteiger partial charge in [0.25, 0.3) is 0 Å². The third-order valence-corrected chi connectivity index (χ3v) is 7.52. The molecule has 19 nitrogen and oxygen atoms in total. The SMILES string of the molecule is CC(=O)N[C@@H](CCCN=C(N)N)C(=O)N[C@@H](CC(C)C)C(=O)N[C@@H](CC(C)C)C(=O)NC(C)(C)C(=O)N[C@@H](C)C(=O)N[C@H](C=O)CCCN=C(N)N. The number of rotatable bonds is 24. The van der Waals surface area contributed by atoms with Gasteiger partial charge in [0.2, 0.25) is 35.4 Å². The first-order valence-corrected chi connectivity index (χ1v) is 17.5. The molecular weight excluding hydrogens is 676 g/mol. The van der Waals surface area contributed by atoms with Crippen molar-refractivity contribution in [3.8, 4) is 0 Å². The first-order chi connectivity index (χ1) is 24.1. The molecule has 296 valence electrons. The number of nitrogens with one attached hydrogen (secondary N) is 6. The minimum absolute atomic E-state index is 0.0390. The molecule has 0 aliphatic carbocycles. The molecule has 0 spiro atoms. The number of nitrogens with two attached hydrogens (primary N) is 4. The van der Waals surface area contributed by atoms with Gasteiger partial charge in [-0.05, 0) is 71.1 Å². The Kier molecular flexibility index (Phi) is 21.2. The molecule has 5 atom stereocenters. The van der Waals surface area contributed by atoms with Gasteiger partial charge < -0.3 is 59.6 Å². The van der Waals surface area contributed by atoms with Gasteiger partial charge >= 0.3 is 0 Å². The van der Waals surface area contributed by atoms with Gasteiger partial charge in [-0.3, -0.25) is 38.8 Å². The first kappa shape index (κ1) is 47.0. The fourth-order valence-corrected chi connectivity index (χ4v) is 4.86. The van der Waals surface area contributed by atoms with Crippen LogP contribution in [0.5, 0.6) is 0 Å². The number of guanidine groups is 2. The second-order valence-corrected chi connectivity index (χ2v) is 14.1. The van der Waals surface area contributed by atoms with Crippen LogP contribution in [0.1, 0.15) is 93.9 Å². The van der Waals surface area contributed by atoms with Crippen LogP contribution in [0.3, 0.4) is 0 Å². The van der Waals surface area contributed by atoms with Crippen molar-refractivity contribution < 1.29 is 33.6 Å². The molecule has 52 heavy (non-hydrogen) atoms. The normalized spacial score (nSPS) is 14.0. The maximum absolute atomic E-state index is 13.6.